The molecule has 0 spiro atoms. The lowest BCUT2D eigenvalue weighted by Gasteiger charge is -2.27. The maximum absolute atomic E-state index is 6.18. The minimum Gasteiger partial charge on any atom is -0.469 e. The van der Waals surface area contributed by atoms with Crippen LogP contribution in [-0.4, -0.2) is 17.5 Å². The lowest BCUT2D eigenvalue weighted by molar-refractivity contribution is 0.0813. The van der Waals surface area contributed by atoms with E-state index in [4.69, 9.17) is 9.73 Å². The fraction of sp³-hybridized carbons (Fsp3) is 0.389. The molecule has 110 valence electrons. The smallest absolute Gasteiger partial charge is 0.218 e. The zero-order chi connectivity index (χ0) is 15.2. The molecular weight excluding hydrogens is 373 g/mol. The molecule has 1 atom stereocenters. The SMILES string of the molecule is CC(C)[C@@H]1N=C(c2ccc3ccccc3c2I)OC1(C)C. The zero-order valence-corrected chi connectivity index (χ0v) is 15.0. The normalized spacial score (nSPS) is 20.7. The Hall–Kier alpha value is -1.10. The number of ether oxygens (including phenoxy) is 1. The van der Waals surface area contributed by atoms with Crippen LogP contribution in [0.25, 0.3) is 10.8 Å². The molecule has 0 saturated heterocycles. The molecule has 0 bridgehead atoms. The Balaban J connectivity index is 2.10. The summed E-state index contributed by atoms with van der Waals surface area (Å²) in [5, 5.41) is 2.51. The average molecular weight is 393 g/mol. The predicted octanol–water partition coefficient (Wildman–Crippen LogP) is 5.02. The first kappa shape index (κ1) is 14.8. The fourth-order valence-electron chi connectivity index (χ4n) is 3.09. The zero-order valence-electron chi connectivity index (χ0n) is 12.9. The van der Waals surface area contributed by atoms with Crippen molar-refractivity contribution in [2.75, 3.05) is 0 Å². The van der Waals surface area contributed by atoms with Gasteiger partial charge in [-0.2, -0.15) is 0 Å². The molecule has 1 aliphatic heterocycles. The third-order valence-electron chi connectivity index (χ3n) is 4.05. The van der Waals surface area contributed by atoms with Crippen molar-refractivity contribution in [2.24, 2.45) is 10.9 Å². The molecule has 3 heteroatoms. The van der Waals surface area contributed by atoms with E-state index < -0.39 is 0 Å². The summed E-state index contributed by atoms with van der Waals surface area (Å²) in [5.41, 5.74) is 0.864. The summed E-state index contributed by atoms with van der Waals surface area (Å²) in [7, 11) is 0. The van der Waals surface area contributed by atoms with Crippen LogP contribution in [0.5, 0.6) is 0 Å². The number of fused-ring (bicyclic) bond motifs is 1. The summed E-state index contributed by atoms with van der Waals surface area (Å²) >= 11 is 2.40. The van der Waals surface area contributed by atoms with Gasteiger partial charge in [-0.3, -0.25) is 0 Å². The van der Waals surface area contributed by atoms with E-state index in [-0.39, 0.29) is 11.6 Å². The highest BCUT2D eigenvalue weighted by atomic mass is 127. The Bertz CT molecular complexity index is 718. The molecule has 2 aromatic carbocycles. The van der Waals surface area contributed by atoms with Gasteiger partial charge in [0.15, 0.2) is 0 Å². The molecule has 0 fully saturated rings. The van der Waals surface area contributed by atoms with Crippen molar-refractivity contribution in [1.82, 2.24) is 0 Å². The first-order valence-electron chi connectivity index (χ1n) is 7.34. The van der Waals surface area contributed by atoms with Crippen LogP contribution in [0.2, 0.25) is 0 Å². The Labute approximate surface area is 139 Å². The van der Waals surface area contributed by atoms with Crippen molar-refractivity contribution in [3.05, 3.63) is 45.5 Å². The molecule has 0 radical (unpaired) electrons. The van der Waals surface area contributed by atoms with Crippen molar-refractivity contribution in [1.29, 1.82) is 0 Å². The molecule has 0 saturated carbocycles. The molecule has 2 aromatic rings. The van der Waals surface area contributed by atoms with Crippen molar-refractivity contribution in [3.63, 3.8) is 0 Å². The Morgan fingerprint density at radius 3 is 2.52 bits per heavy atom. The van der Waals surface area contributed by atoms with Gasteiger partial charge in [-0.05, 0) is 59.2 Å². The summed E-state index contributed by atoms with van der Waals surface area (Å²) < 4.78 is 7.40. The highest BCUT2D eigenvalue weighted by Crippen LogP contribution is 2.34. The van der Waals surface area contributed by atoms with E-state index in [1.165, 1.54) is 14.3 Å². The van der Waals surface area contributed by atoms with Crippen molar-refractivity contribution < 1.29 is 4.74 Å². The van der Waals surface area contributed by atoms with Crippen LogP contribution < -0.4 is 0 Å². The third kappa shape index (κ3) is 2.56. The first-order chi connectivity index (χ1) is 9.90. The van der Waals surface area contributed by atoms with E-state index in [1.54, 1.807) is 0 Å². The Morgan fingerprint density at radius 1 is 1.14 bits per heavy atom. The summed E-state index contributed by atoms with van der Waals surface area (Å²) in [6.45, 7) is 8.66. The highest BCUT2D eigenvalue weighted by molar-refractivity contribution is 14.1. The van der Waals surface area contributed by atoms with E-state index in [0.29, 0.717) is 5.92 Å². The summed E-state index contributed by atoms with van der Waals surface area (Å²) in [5.74, 6) is 1.25. The molecule has 1 aliphatic rings. The standard InChI is InChI=1S/C18H20INO/c1-11(2)16-18(3,4)21-17(20-16)14-10-9-12-7-5-6-8-13(12)15(14)19/h5-11,16H,1-4H3/t16-/m0/s1. The van der Waals surface area contributed by atoms with Crippen LogP contribution >= 0.6 is 22.6 Å². The predicted molar refractivity (Wildman–Crippen MR) is 97.0 cm³/mol. The number of aliphatic imine (C=N–C) groups is 1. The van der Waals surface area contributed by atoms with Crippen molar-refractivity contribution in [3.8, 4) is 0 Å². The molecule has 1 heterocycles. The largest absolute Gasteiger partial charge is 0.469 e. The highest BCUT2D eigenvalue weighted by Gasteiger charge is 2.40. The third-order valence-corrected chi connectivity index (χ3v) is 5.22. The molecule has 0 aliphatic carbocycles. The lowest BCUT2D eigenvalue weighted by atomic mass is 9.90. The van der Waals surface area contributed by atoms with Gasteiger partial charge in [0.1, 0.15) is 5.60 Å². The van der Waals surface area contributed by atoms with Gasteiger partial charge >= 0.3 is 0 Å². The molecular formula is C18H20INO. The molecule has 0 unspecified atom stereocenters. The van der Waals surface area contributed by atoms with E-state index >= 15 is 0 Å². The molecule has 0 aromatic heterocycles. The number of hydrogen-bond donors (Lipinski definition) is 0. The Morgan fingerprint density at radius 2 is 1.86 bits per heavy atom. The number of rotatable bonds is 2. The van der Waals surface area contributed by atoms with E-state index in [2.05, 4.69) is 86.7 Å². The second-order valence-electron chi connectivity index (χ2n) is 6.48. The molecule has 21 heavy (non-hydrogen) atoms. The lowest BCUT2D eigenvalue weighted by Crippen LogP contribution is -2.36. The second kappa shape index (κ2) is 5.27. The molecule has 3 rings (SSSR count). The van der Waals surface area contributed by atoms with Crippen LogP contribution in [0.4, 0.5) is 0 Å². The van der Waals surface area contributed by atoms with Crippen LogP contribution in [0, 0.1) is 9.49 Å². The van der Waals surface area contributed by atoms with Crippen LogP contribution in [0.1, 0.15) is 33.3 Å². The number of benzene rings is 2. The maximum atomic E-state index is 6.18. The van der Waals surface area contributed by atoms with Gasteiger partial charge in [0, 0.05) is 3.57 Å². The Kier molecular flexibility index (Phi) is 3.72. The van der Waals surface area contributed by atoms with Gasteiger partial charge in [0.25, 0.3) is 0 Å². The number of nitrogens with zero attached hydrogens (tertiary/aromatic N) is 1. The van der Waals surface area contributed by atoms with Crippen LogP contribution in [0.15, 0.2) is 41.4 Å². The van der Waals surface area contributed by atoms with E-state index in [1.807, 2.05) is 0 Å². The van der Waals surface area contributed by atoms with Gasteiger partial charge in [0.2, 0.25) is 5.90 Å². The van der Waals surface area contributed by atoms with Crippen molar-refractivity contribution >= 4 is 39.3 Å². The summed E-state index contributed by atoms with van der Waals surface area (Å²) in [6, 6.07) is 12.9. The summed E-state index contributed by atoms with van der Waals surface area (Å²) in [6.07, 6.45) is 0. The second-order valence-corrected chi connectivity index (χ2v) is 7.56. The fourth-order valence-corrected chi connectivity index (χ4v) is 3.99. The van der Waals surface area contributed by atoms with Gasteiger partial charge in [0.05, 0.1) is 11.6 Å². The minimum absolute atomic E-state index is 0.203. The summed E-state index contributed by atoms with van der Waals surface area (Å²) in [4.78, 5) is 4.87. The maximum Gasteiger partial charge on any atom is 0.218 e. The quantitative estimate of drug-likeness (QED) is 0.657. The molecule has 0 N–H and O–H groups in total. The van der Waals surface area contributed by atoms with Gasteiger partial charge in [-0.1, -0.05) is 44.2 Å². The minimum atomic E-state index is -0.238. The number of hydrogen-bond acceptors (Lipinski definition) is 2. The van der Waals surface area contributed by atoms with Crippen molar-refractivity contribution in [2.45, 2.75) is 39.3 Å². The van der Waals surface area contributed by atoms with Gasteiger partial charge in [-0.25, -0.2) is 4.99 Å². The van der Waals surface area contributed by atoms with Crippen LogP contribution in [0.3, 0.4) is 0 Å². The van der Waals surface area contributed by atoms with E-state index in [9.17, 15) is 0 Å². The topological polar surface area (TPSA) is 21.6 Å². The average Bonchev–Trinajstić information content (AvgIpc) is 2.75. The van der Waals surface area contributed by atoms with Gasteiger partial charge < -0.3 is 4.74 Å². The first-order valence-corrected chi connectivity index (χ1v) is 8.42. The number of halogens is 1. The monoisotopic (exact) mass is 393 g/mol. The van der Waals surface area contributed by atoms with E-state index in [0.717, 1.165) is 11.5 Å². The molecule has 0 amide bonds. The van der Waals surface area contributed by atoms with Crippen LogP contribution in [-0.2, 0) is 4.74 Å². The van der Waals surface area contributed by atoms with Gasteiger partial charge in [-0.15, -0.1) is 0 Å². The molecule has 2 nitrogen and oxygen atoms in total.